The van der Waals surface area contributed by atoms with Crippen molar-refractivity contribution in [2.75, 3.05) is 31.0 Å². The van der Waals surface area contributed by atoms with E-state index >= 15 is 0 Å². The molecule has 0 bridgehead atoms. The fourth-order valence-electron chi connectivity index (χ4n) is 2.85. The van der Waals surface area contributed by atoms with Crippen LogP contribution in [0.3, 0.4) is 0 Å². The van der Waals surface area contributed by atoms with E-state index in [0.29, 0.717) is 46.4 Å². The van der Waals surface area contributed by atoms with E-state index in [1.807, 2.05) is 0 Å². The number of benzene rings is 2. The van der Waals surface area contributed by atoms with Gasteiger partial charge in [0.05, 0.1) is 24.9 Å². The molecule has 6 nitrogen and oxygen atoms in total. The van der Waals surface area contributed by atoms with Crippen LogP contribution in [-0.4, -0.2) is 32.6 Å². The molecule has 2 amide bonds. The molecule has 0 unspecified atom stereocenters. The first-order chi connectivity index (χ1) is 12.5. The molecule has 0 spiro atoms. The lowest BCUT2D eigenvalue weighted by molar-refractivity contribution is -0.117. The lowest BCUT2D eigenvalue weighted by atomic mass is 10.1. The van der Waals surface area contributed by atoms with Crippen molar-refractivity contribution in [2.45, 2.75) is 12.8 Å². The van der Waals surface area contributed by atoms with Gasteiger partial charge in [0.15, 0.2) is 0 Å². The largest absolute Gasteiger partial charge is 0.497 e. The van der Waals surface area contributed by atoms with Gasteiger partial charge in [0, 0.05) is 42.4 Å². The molecule has 26 heavy (non-hydrogen) atoms. The van der Waals surface area contributed by atoms with Gasteiger partial charge in [-0.25, -0.2) is 0 Å². The van der Waals surface area contributed by atoms with Crippen LogP contribution in [0.5, 0.6) is 11.5 Å². The zero-order valence-electron chi connectivity index (χ0n) is 14.5. The Morgan fingerprint density at radius 1 is 1.12 bits per heavy atom. The van der Waals surface area contributed by atoms with Gasteiger partial charge < -0.3 is 19.7 Å². The van der Waals surface area contributed by atoms with Gasteiger partial charge in [-0.2, -0.15) is 0 Å². The lowest BCUT2D eigenvalue weighted by Gasteiger charge is -2.18. The third-order valence-electron chi connectivity index (χ3n) is 4.18. The molecule has 1 saturated heterocycles. The molecule has 1 fully saturated rings. The number of nitrogens with zero attached hydrogens (tertiary/aromatic N) is 1. The van der Waals surface area contributed by atoms with Crippen molar-refractivity contribution in [1.29, 1.82) is 0 Å². The summed E-state index contributed by atoms with van der Waals surface area (Å²) in [6, 6.07) is 10.00. The van der Waals surface area contributed by atoms with Crippen LogP contribution < -0.4 is 19.7 Å². The Bertz CT molecular complexity index is 831. The predicted octanol–water partition coefficient (Wildman–Crippen LogP) is 3.74. The summed E-state index contributed by atoms with van der Waals surface area (Å²) < 4.78 is 10.4. The van der Waals surface area contributed by atoms with E-state index in [4.69, 9.17) is 21.1 Å². The highest BCUT2D eigenvalue weighted by atomic mass is 35.5. The Morgan fingerprint density at radius 3 is 2.38 bits per heavy atom. The molecule has 1 aliphatic heterocycles. The maximum Gasteiger partial charge on any atom is 0.255 e. The summed E-state index contributed by atoms with van der Waals surface area (Å²) in [5, 5.41) is 3.25. The van der Waals surface area contributed by atoms with Crippen LogP contribution in [0.2, 0.25) is 5.02 Å². The monoisotopic (exact) mass is 374 g/mol. The zero-order valence-corrected chi connectivity index (χ0v) is 15.3. The molecule has 0 aliphatic carbocycles. The number of nitrogens with one attached hydrogen (secondary N) is 1. The van der Waals surface area contributed by atoms with E-state index in [0.717, 1.165) is 6.42 Å². The summed E-state index contributed by atoms with van der Waals surface area (Å²) in [5.41, 5.74) is 1.51. The number of carbonyl (C=O) groups is 2. The molecule has 7 heteroatoms. The third kappa shape index (κ3) is 3.75. The fourth-order valence-corrected chi connectivity index (χ4v) is 3.07. The zero-order chi connectivity index (χ0) is 18.7. The van der Waals surface area contributed by atoms with Gasteiger partial charge in [-0.3, -0.25) is 9.59 Å². The maximum atomic E-state index is 12.6. The molecule has 136 valence electrons. The molecule has 0 atom stereocenters. The Kier molecular flexibility index (Phi) is 5.32. The van der Waals surface area contributed by atoms with E-state index < -0.39 is 0 Å². The minimum Gasteiger partial charge on any atom is -0.497 e. The number of rotatable bonds is 5. The van der Waals surface area contributed by atoms with Gasteiger partial charge in [0.2, 0.25) is 5.91 Å². The Hall–Kier alpha value is -2.73. The molecule has 1 N–H and O–H groups in total. The Morgan fingerprint density at radius 2 is 1.81 bits per heavy atom. The van der Waals surface area contributed by atoms with Gasteiger partial charge in [-0.15, -0.1) is 0 Å². The molecule has 0 saturated carbocycles. The number of amides is 2. The molecule has 2 aromatic rings. The first kappa shape index (κ1) is 18.1. The van der Waals surface area contributed by atoms with Crippen LogP contribution >= 0.6 is 11.6 Å². The van der Waals surface area contributed by atoms with Gasteiger partial charge in [0.1, 0.15) is 11.5 Å². The molecular formula is C19H19ClN2O4. The standard InChI is InChI=1S/C19H19ClN2O4/c1-25-14-9-13(10-15(11-14)26-2)21-19(24)12-5-6-16(20)17(8-12)22-7-3-4-18(22)23/h5-6,8-11H,3-4,7H2,1-2H3,(H,21,24). The van der Waals surface area contributed by atoms with Gasteiger partial charge in [-0.05, 0) is 24.6 Å². The van der Waals surface area contributed by atoms with Gasteiger partial charge in [-0.1, -0.05) is 11.6 Å². The van der Waals surface area contributed by atoms with Crippen LogP contribution in [0.25, 0.3) is 0 Å². The summed E-state index contributed by atoms with van der Waals surface area (Å²) in [6.07, 6.45) is 1.28. The highest BCUT2D eigenvalue weighted by Crippen LogP contribution is 2.31. The second-order valence-corrected chi connectivity index (χ2v) is 6.28. The second-order valence-electron chi connectivity index (χ2n) is 5.87. The molecule has 1 heterocycles. The molecule has 2 aromatic carbocycles. The van der Waals surface area contributed by atoms with Crippen molar-refractivity contribution in [3.8, 4) is 11.5 Å². The maximum absolute atomic E-state index is 12.6. The number of methoxy groups -OCH3 is 2. The van der Waals surface area contributed by atoms with E-state index in [2.05, 4.69) is 5.32 Å². The van der Waals surface area contributed by atoms with Crippen LogP contribution in [-0.2, 0) is 4.79 Å². The molecule has 1 aliphatic rings. The Balaban J connectivity index is 1.85. The number of anilines is 2. The molecule has 3 rings (SSSR count). The molecule has 0 radical (unpaired) electrons. The van der Waals surface area contributed by atoms with Crippen LogP contribution in [0.1, 0.15) is 23.2 Å². The number of halogens is 1. The van der Waals surface area contributed by atoms with E-state index in [9.17, 15) is 9.59 Å². The first-order valence-corrected chi connectivity index (χ1v) is 8.54. The van der Waals surface area contributed by atoms with E-state index in [1.54, 1.807) is 55.5 Å². The van der Waals surface area contributed by atoms with E-state index in [1.165, 1.54) is 0 Å². The second kappa shape index (κ2) is 7.66. The predicted molar refractivity (Wildman–Crippen MR) is 101 cm³/mol. The summed E-state index contributed by atoms with van der Waals surface area (Å²) >= 11 is 6.23. The number of hydrogen-bond donors (Lipinski definition) is 1. The van der Waals surface area contributed by atoms with E-state index in [-0.39, 0.29) is 11.8 Å². The molecule has 0 aromatic heterocycles. The first-order valence-electron chi connectivity index (χ1n) is 8.16. The van der Waals surface area contributed by atoms with Gasteiger partial charge in [0.25, 0.3) is 5.91 Å². The topological polar surface area (TPSA) is 67.9 Å². The smallest absolute Gasteiger partial charge is 0.255 e. The van der Waals surface area contributed by atoms with Crippen molar-refractivity contribution in [3.05, 3.63) is 47.0 Å². The summed E-state index contributed by atoms with van der Waals surface area (Å²) in [6.45, 7) is 0.608. The van der Waals surface area contributed by atoms with Crippen molar-refractivity contribution in [1.82, 2.24) is 0 Å². The third-order valence-corrected chi connectivity index (χ3v) is 4.50. The fraction of sp³-hybridized carbons (Fsp3) is 0.263. The summed E-state index contributed by atoms with van der Waals surface area (Å²) in [4.78, 5) is 26.2. The van der Waals surface area contributed by atoms with Crippen molar-refractivity contribution in [3.63, 3.8) is 0 Å². The molecular weight excluding hydrogens is 356 g/mol. The lowest BCUT2D eigenvalue weighted by Crippen LogP contribution is -2.24. The average Bonchev–Trinajstić information content (AvgIpc) is 3.07. The SMILES string of the molecule is COc1cc(NC(=O)c2ccc(Cl)c(N3CCCC3=O)c2)cc(OC)c1. The van der Waals surface area contributed by atoms with Crippen molar-refractivity contribution in [2.24, 2.45) is 0 Å². The Labute approximate surface area is 156 Å². The van der Waals surface area contributed by atoms with Crippen LogP contribution in [0, 0.1) is 0 Å². The highest BCUT2D eigenvalue weighted by Gasteiger charge is 2.24. The summed E-state index contributed by atoms with van der Waals surface area (Å²) in [5.74, 6) is 0.838. The quantitative estimate of drug-likeness (QED) is 0.865. The number of carbonyl (C=O) groups excluding carboxylic acids is 2. The average molecular weight is 375 g/mol. The minimum absolute atomic E-state index is 0.0157. The van der Waals surface area contributed by atoms with Crippen molar-refractivity contribution < 1.29 is 19.1 Å². The minimum atomic E-state index is -0.315. The normalized spacial score (nSPS) is 13.7. The van der Waals surface area contributed by atoms with Crippen LogP contribution in [0.15, 0.2) is 36.4 Å². The van der Waals surface area contributed by atoms with Gasteiger partial charge >= 0.3 is 0 Å². The number of hydrogen-bond acceptors (Lipinski definition) is 4. The van der Waals surface area contributed by atoms with Crippen LogP contribution in [0.4, 0.5) is 11.4 Å². The number of ether oxygens (including phenoxy) is 2. The highest BCUT2D eigenvalue weighted by molar-refractivity contribution is 6.34. The summed E-state index contributed by atoms with van der Waals surface area (Å²) in [7, 11) is 3.08. The van der Waals surface area contributed by atoms with Crippen molar-refractivity contribution >= 4 is 34.8 Å².